The lowest BCUT2D eigenvalue weighted by Gasteiger charge is -1.88. The fraction of sp³-hybridized carbons (Fsp3) is 0. The van der Waals surface area contributed by atoms with E-state index in [1.54, 1.807) is 24.3 Å². The largest absolute Gasteiger partial charge is 0.427 e. The molecule has 1 N–H and O–H groups in total. The molecule has 0 unspecified atom stereocenters. The Balaban J connectivity index is 2.53. The van der Waals surface area contributed by atoms with Crippen LogP contribution in [0.3, 0.4) is 0 Å². The summed E-state index contributed by atoms with van der Waals surface area (Å²) >= 11 is 0. The zero-order valence-electron chi connectivity index (χ0n) is 7.10. The predicted octanol–water partition coefficient (Wildman–Crippen LogP) is 0.116. The van der Waals surface area contributed by atoms with E-state index in [4.69, 9.17) is 5.26 Å². The molecular formula is C9H6N3O2+. The van der Waals surface area contributed by atoms with Gasteiger partial charge in [0.15, 0.2) is 0 Å². The van der Waals surface area contributed by atoms with Gasteiger partial charge in [0.1, 0.15) is 0 Å². The Kier molecular flexibility index (Phi) is 1.88. The van der Waals surface area contributed by atoms with Gasteiger partial charge < -0.3 is 0 Å². The van der Waals surface area contributed by atoms with Crippen molar-refractivity contribution < 1.29 is 9.20 Å². The van der Waals surface area contributed by atoms with Gasteiger partial charge in [-0.25, -0.2) is 4.79 Å². The molecule has 0 bridgehead atoms. The van der Waals surface area contributed by atoms with Crippen molar-refractivity contribution in [1.82, 2.24) is 5.27 Å². The summed E-state index contributed by atoms with van der Waals surface area (Å²) in [6.07, 6.45) is 1.26. The van der Waals surface area contributed by atoms with Crippen LogP contribution in [-0.2, 0) is 0 Å². The first-order chi connectivity index (χ1) is 6.79. The molecule has 1 aromatic carbocycles. The minimum atomic E-state index is -0.465. The quantitative estimate of drug-likeness (QED) is 0.646. The van der Waals surface area contributed by atoms with Crippen LogP contribution in [0, 0.1) is 11.3 Å². The molecule has 0 aliphatic carbocycles. The molecule has 0 atom stereocenters. The SMILES string of the molecule is N#Cc1cccc(-[n+]2cc(=O)o[nH]2)c1. The summed E-state index contributed by atoms with van der Waals surface area (Å²) in [4.78, 5) is 10.7. The van der Waals surface area contributed by atoms with E-state index in [0.29, 0.717) is 11.3 Å². The maximum absolute atomic E-state index is 10.7. The first kappa shape index (κ1) is 8.26. The fourth-order valence-electron chi connectivity index (χ4n) is 1.10. The molecule has 0 saturated heterocycles. The molecule has 0 radical (unpaired) electrons. The first-order valence-corrected chi connectivity index (χ1v) is 3.90. The fourth-order valence-corrected chi connectivity index (χ4v) is 1.10. The topological polar surface area (TPSA) is 73.7 Å². The number of nitrogens with zero attached hydrogens (tertiary/aromatic N) is 2. The zero-order valence-corrected chi connectivity index (χ0v) is 7.10. The second-order valence-electron chi connectivity index (χ2n) is 2.67. The number of rotatable bonds is 1. The van der Waals surface area contributed by atoms with Gasteiger partial charge in [0.2, 0.25) is 5.69 Å². The highest BCUT2D eigenvalue weighted by Crippen LogP contribution is 2.01. The molecule has 0 saturated carbocycles. The van der Waals surface area contributed by atoms with E-state index in [1.807, 2.05) is 6.07 Å². The highest BCUT2D eigenvalue weighted by molar-refractivity contribution is 5.35. The van der Waals surface area contributed by atoms with Crippen LogP contribution in [0.15, 0.2) is 39.8 Å². The van der Waals surface area contributed by atoms with Gasteiger partial charge >= 0.3 is 5.63 Å². The molecule has 0 spiro atoms. The normalized spacial score (nSPS) is 9.64. The second kappa shape index (κ2) is 3.18. The summed E-state index contributed by atoms with van der Waals surface area (Å²) in [6.45, 7) is 0. The Morgan fingerprint density at radius 2 is 2.36 bits per heavy atom. The molecule has 5 nitrogen and oxygen atoms in total. The van der Waals surface area contributed by atoms with Gasteiger partial charge in [-0.15, -0.1) is 0 Å². The highest BCUT2D eigenvalue weighted by atomic mass is 16.5. The third-order valence-corrected chi connectivity index (χ3v) is 1.73. The number of nitrogens with one attached hydrogen (secondary N) is 1. The van der Waals surface area contributed by atoms with Crippen molar-refractivity contribution in [3.63, 3.8) is 0 Å². The van der Waals surface area contributed by atoms with E-state index in [2.05, 4.69) is 9.79 Å². The van der Waals surface area contributed by atoms with Crippen molar-refractivity contribution in [3.05, 3.63) is 46.4 Å². The highest BCUT2D eigenvalue weighted by Gasteiger charge is 2.10. The molecule has 1 aromatic heterocycles. The Hall–Kier alpha value is -2.35. The lowest BCUT2D eigenvalue weighted by molar-refractivity contribution is -0.670. The minimum Gasteiger partial charge on any atom is -0.283 e. The summed E-state index contributed by atoms with van der Waals surface area (Å²) in [5.41, 5.74) is 0.735. The molecule has 2 aromatic rings. The number of nitriles is 1. The van der Waals surface area contributed by atoms with Crippen LogP contribution in [-0.4, -0.2) is 5.27 Å². The lowest BCUT2D eigenvalue weighted by Crippen LogP contribution is -2.32. The lowest BCUT2D eigenvalue weighted by atomic mass is 10.2. The van der Waals surface area contributed by atoms with Crippen LogP contribution in [0.5, 0.6) is 0 Å². The molecule has 5 heteroatoms. The number of hydrogen-bond donors (Lipinski definition) is 1. The smallest absolute Gasteiger partial charge is 0.283 e. The summed E-state index contributed by atoms with van der Waals surface area (Å²) < 4.78 is 5.90. The minimum absolute atomic E-state index is 0.465. The van der Waals surface area contributed by atoms with Crippen LogP contribution in [0.2, 0.25) is 0 Å². The molecule has 0 aliphatic heterocycles. The average Bonchev–Trinajstić information content (AvgIpc) is 2.65. The molecule has 14 heavy (non-hydrogen) atoms. The zero-order chi connectivity index (χ0) is 9.97. The maximum Gasteiger partial charge on any atom is 0.427 e. The van der Waals surface area contributed by atoms with Gasteiger partial charge in [0.05, 0.1) is 11.6 Å². The number of aromatic nitrogens is 2. The molecular weight excluding hydrogens is 182 g/mol. The maximum atomic E-state index is 10.7. The number of hydrogen-bond acceptors (Lipinski definition) is 3. The number of H-pyrrole nitrogens is 1. The molecule has 1 heterocycles. The van der Waals surface area contributed by atoms with Crippen LogP contribution in [0.1, 0.15) is 5.56 Å². The average molecular weight is 188 g/mol. The third kappa shape index (κ3) is 1.41. The van der Waals surface area contributed by atoms with Crippen molar-refractivity contribution in [1.29, 1.82) is 5.26 Å². The summed E-state index contributed by atoms with van der Waals surface area (Å²) in [5.74, 6) is 0. The third-order valence-electron chi connectivity index (χ3n) is 1.73. The summed E-state index contributed by atoms with van der Waals surface area (Å²) in [6, 6.07) is 8.82. The van der Waals surface area contributed by atoms with Gasteiger partial charge in [-0.2, -0.15) is 5.26 Å². The van der Waals surface area contributed by atoms with E-state index >= 15 is 0 Å². The van der Waals surface area contributed by atoms with Crippen LogP contribution in [0.25, 0.3) is 5.69 Å². The van der Waals surface area contributed by atoms with Crippen molar-refractivity contribution in [2.75, 3.05) is 0 Å². The standard InChI is InChI=1S/C9H5N3O2/c10-5-7-2-1-3-8(4-7)12-6-9(13)14-11-12/h1-4,6H/p+1. The molecule has 0 aliphatic rings. The van der Waals surface area contributed by atoms with E-state index in [-0.39, 0.29) is 0 Å². The Morgan fingerprint density at radius 3 is 3.00 bits per heavy atom. The predicted molar refractivity (Wildman–Crippen MR) is 45.6 cm³/mol. The van der Waals surface area contributed by atoms with Gasteiger partial charge in [0, 0.05) is 12.1 Å². The summed E-state index contributed by atoms with van der Waals surface area (Å²) in [5, 5.41) is 11.1. The molecule has 2 rings (SSSR count). The van der Waals surface area contributed by atoms with Crippen molar-refractivity contribution >= 4 is 0 Å². The van der Waals surface area contributed by atoms with Crippen LogP contribution in [0.4, 0.5) is 0 Å². The number of aromatic amines is 1. The van der Waals surface area contributed by atoms with Crippen molar-refractivity contribution in [2.45, 2.75) is 0 Å². The Labute approximate surface area is 78.8 Å². The van der Waals surface area contributed by atoms with Crippen LogP contribution >= 0.6 is 0 Å². The van der Waals surface area contributed by atoms with E-state index < -0.39 is 5.63 Å². The monoisotopic (exact) mass is 188 g/mol. The first-order valence-electron chi connectivity index (χ1n) is 3.90. The van der Waals surface area contributed by atoms with Crippen molar-refractivity contribution in [2.24, 2.45) is 0 Å². The molecule has 0 fully saturated rings. The van der Waals surface area contributed by atoms with E-state index in [0.717, 1.165) is 0 Å². The van der Waals surface area contributed by atoms with E-state index in [9.17, 15) is 4.79 Å². The summed E-state index contributed by atoms with van der Waals surface area (Å²) in [7, 11) is 0. The van der Waals surface area contributed by atoms with Gasteiger partial charge in [0.25, 0.3) is 6.20 Å². The van der Waals surface area contributed by atoms with Gasteiger partial charge in [-0.3, -0.25) is 4.52 Å². The molecule has 0 amide bonds. The Morgan fingerprint density at radius 1 is 1.50 bits per heavy atom. The Bertz CT molecular complexity index is 547. The number of benzene rings is 1. The van der Waals surface area contributed by atoms with Gasteiger partial charge in [-0.05, 0) is 16.0 Å². The second-order valence-corrected chi connectivity index (χ2v) is 2.67. The molecule has 68 valence electrons. The van der Waals surface area contributed by atoms with E-state index in [1.165, 1.54) is 10.9 Å². The van der Waals surface area contributed by atoms with Crippen LogP contribution < -0.4 is 10.3 Å². The van der Waals surface area contributed by atoms with Crippen molar-refractivity contribution in [3.8, 4) is 11.8 Å². The van der Waals surface area contributed by atoms with Gasteiger partial charge in [-0.1, -0.05) is 6.07 Å².